The van der Waals surface area contributed by atoms with Crippen LogP contribution in [0.2, 0.25) is 0 Å². The van der Waals surface area contributed by atoms with E-state index in [4.69, 9.17) is 4.74 Å². The minimum Gasteiger partial charge on any atom is -0.444 e. The minimum atomic E-state index is -0.588. The van der Waals surface area contributed by atoms with Gasteiger partial charge >= 0.3 is 6.09 Å². The van der Waals surface area contributed by atoms with E-state index in [2.05, 4.69) is 5.10 Å². The normalized spacial score (nSPS) is 11.4. The largest absolute Gasteiger partial charge is 0.444 e. The van der Waals surface area contributed by atoms with Crippen LogP contribution < -0.4 is 5.56 Å². The van der Waals surface area contributed by atoms with Crippen molar-refractivity contribution in [3.63, 3.8) is 0 Å². The number of aromatic nitrogens is 2. The van der Waals surface area contributed by atoms with Crippen LogP contribution >= 0.6 is 0 Å². The van der Waals surface area contributed by atoms with E-state index in [1.807, 2.05) is 0 Å². The molecule has 0 aliphatic heterocycles. The number of amides is 1. The maximum atomic E-state index is 13.7. The number of ether oxygens (including phenoxy) is 1. The number of hydrogen-bond acceptors (Lipinski definition) is 3. The second kappa shape index (κ2) is 6.90. The molecular formula is C17H22FN3O3. The summed E-state index contributed by atoms with van der Waals surface area (Å²) in [6.45, 7) is 5.64. The van der Waals surface area contributed by atoms with E-state index in [0.29, 0.717) is 11.3 Å². The molecule has 1 N–H and O–H groups in total. The number of rotatable bonds is 4. The molecule has 1 amide bonds. The molecule has 1 heterocycles. The Hall–Kier alpha value is -2.57. The lowest BCUT2D eigenvalue weighted by atomic mass is 10.2. The highest BCUT2D eigenvalue weighted by Gasteiger charge is 2.20. The fraction of sp³-hybridized carbons (Fsp3) is 0.412. The lowest BCUT2D eigenvalue weighted by Crippen LogP contribution is -2.33. The number of carbonyl (C=O) groups is 1. The zero-order valence-corrected chi connectivity index (χ0v) is 14.3. The van der Waals surface area contributed by atoms with Gasteiger partial charge in [-0.25, -0.2) is 13.9 Å². The van der Waals surface area contributed by atoms with Crippen LogP contribution in [-0.2, 0) is 17.8 Å². The minimum absolute atomic E-state index is 0.0989. The molecule has 0 spiro atoms. The van der Waals surface area contributed by atoms with E-state index < -0.39 is 11.7 Å². The summed E-state index contributed by atoms with van der Waals surface area (Å²) in [7, 11) is 1.58. The number of H-pyrrole nitrogens is 1. The van der Waals surface area contributed by atoms with Gasteiger partial charge in [-0.05, 0) is 26.8 Å². The standard InChI is InChI=1S/C17H22FN3O3/c1-17(2,3)24-16(23)20(4)11-13-9-15(22)21(19-13)10-12-7-5-6-8-14(12)18/h5-9,19H,10-11H2,1-4H3. The molecule has 0 aliphatic rings. The first-order valence-electron chi connectivity index (χ1n) is 7.62. The summed E-state index contributed by atoms with van der Waals surface area (Å²) in [5, 5.41) is 2.89. The molecule has 130 valence electrons. The molecule has 7 heteroatoms. The second-order valence-corrected chi connectivity index (χ2v) is 6.63. The molecule has 0 saturated carbocycles. The molecule has 6 nitrogen and oxygen atoms in total. The van der Waals surface area contributed by atoms with Crippen molar-refractivity contribution in [3.8, 4) is 0 Å². The predicted octanol–water partition coefficient (Wildman–Crippen LogP) is 2.73. The van der Waals surface area contributed by atoms with Gasteiger partial charge in [0.15, 0.2) is 0 Å². The fourth-order valence-electron chi connectivity index (χ4n) is 2.14. The van der Waals surface area contributed by atoms with E-state index in [1.165, 1.54) is 21.7 Å². The molecule has 2 rings (SSSR count). The predicted molar refractivity (Wildman–Crippen MR) is 88.3 cm³/mol. The highest BCUT2D eigenvalue weighted by atomic mass is 19.1. The third kappa shape index (κ3) is 4.71. The zero-order chi connectivity index (χ0) is 17.9. The number of aromatic amines is 1. The topological polar surface area (TPSA) is 67.3 Å². The molecule has 0 aliphatic carbocycles. The maximum Gasteiger partial charge on any atom is 0.410 e. The summed E-state index contributed by atoms with van der Waals surface area (Å²) in [6.07, 6.45) is -0.481. The molecule has 0 saturated heterocycles. The number of benzene rings is 1. The Balaban J connectivity index is 2.07. The summed E-state index contributed by atoms with van der Waals surface area (Å²) >= 11 is 0. The van der Waals surface area contributed by atoms with Crippen LogP contribution in [0, 0.1) is 5.82 Å². The Bertz CT molecular complexity index is 774. The Kier molecular flexibility index (Phi) is 5.11. The molecule has 24 heavy (non-hydrogen) atoms. The first kappa shape index (κ1) is 17.8. The van der Waals surface area contributed by atoms with Crippen molar-refractivity contribution in [2.75, 3.05) is 7.05 Å². The number of nitrogens with one attached hydrogen (secondary N) is 1. The van der Waals surface area contributed by atoms with E-state index in [0.717, 1.165) is 0 Å². The van der Waals surface area contributed by atoms with Crippen LogP contribution in [0.4, 0.5) is 9.18 Å². The van der Waals surface area contributed by atoms with Gasteiger partial charge in [0.2, 0.25) is 0 Å². The van der Waals surface area contributed by atoms with Crippen molar-refractivity contribution >= 4 is 6.09 Å². The van der Waals surface area contributed by atoms with Crippen molar-refractivity contribution in [1.29, 1.82) is 0 Å². The Morgan fingerprint density at radius 1 is 1.33 bits per heavy atom. The summed E-state index contributed by atoms with van der Waals surface area (Å²) in [5.41, 5.74) is 0.0826. The summed E-state index contributed by atoms with van der Waals surface area (Å²) in [6, 6.07) is 7.67. The van der Waals surface area contributed by atoms with Crippen LogP contribution in [0.5, 0.6) is 0 Å². The Morgan fingerprint density at radius 2 is 2.00 bits per heavy atom. The molecule has 1 aromatic carbocycles. The van der Waals surface area contributed by atoms with Gasteiger partial charge in [-0.2, -0.15) is 0 Å². The van der Waals surface area contributed by atoms with Crippen molar-refractivity contribution < 1.29 is 13.9 Å². The number of hydrogen-bond donors (Lipinski definition) is 1. The second-order valence-electron chi connectivity index (χ2n) is 6.63. The SMILES string of the molecule is CN(Cc1cc(=O)n(Cc2ccccc2F)[nH]1)C(=O)OC(C)(C)C. The lowest BCUT2D eigenvalue weighted by molar-refractivity contribution is 0.0283. The molecule has 2 aromatic rings. The highest BCUT2D eigenvalue weighted by molar-refractivity contribution is 5.67. The number of halogens is 1. The van der Waals surface area contributed by atoms with Crippen LogP contribution in [0.15, 0.2) is 35.1 Å². The van der Waals surface area contributed by atoms with Crippen molar-refractivity contribution in [3.05, 3.63) is 57.8 Å². The number of carbonyl (C=O) groups excluding carboxylic acids is 1. The average Bonchev–Trinajstić information content (AvgIpc) is 2.79. The van der Waals surface area contributed by atoms with Gasteiger partial charge in [-0.1, -0.05) is 18.2 Å². The third-order valence-electron chi connectivity index (χ3n) is 3.24. The monoisotopic (exact) mass is 335 g/mol. The first-order valence-corrected chi connectivity index (χ1v) is 7.62. The van der Waals surface area contributed by atoms with Crippen LogP contribution in [0.1, 0.15) is 32.0 Å². The Labute approximate surface area is 139 Å². The van der Waals surface area contributed by atoms with Crippen molar-refractivity contribution in [2.24, 2.45) is 0 Å². The maximum absolute atomic E-state index is 13.7. The van der Waals surface area contributed by atoms with E-state index in [1.54, 1.807) is 46.0 Å². The van der Waals surface area contributed by atoms with E-state index in [9.17, 15) is 14.0 Å². The summed E-state index contributed by atoms with van der Waals surface area (Å²) < 4.78 is 20.2. The van der Waals surface area contributed by atoms with E-state index >= 15 is 0 Å². The van der Waals surface area contributed by atoms with Gasteiger partial charge in [-0.3, -0.25) is 9.89 Å². The van der Waals surface area contributed by atoms with Gasteiger partial charge in [0.1, 0.15) is 11.4 Å². The number of nitrogens with zero attached hydrogens (tertiary/aromatic N) is 2. The smallest absolute Gasteiger partial charge is 0.410 e. The van der Waals surface area contributed by atoms with Crippen LogP contribution in [0.25, 0.3) is 0 Å². The van der Waals surface area contributed by atoms with Crippen LogP contribution in [-0.4, -0.2) is 33.4 Å². The fourth-order valence-corrected chi connectivity index (χ4v) is 2.14. The van der Waals surface area contributed by atoms with Crippen molar-refractivity contribution in [2.45, 2.75) is 39.5 Å². The summed E-state index contributed by atoms with van der Waals surface area (Å²) in [5.74, 6) is -0.369. The lowest BCUT2D eigenvalue weighted by Gasteiger charge is -2.24. The van der Waals surface area contributed by atoms with E-state index in [-0.39, 0.29) is 24.5 Å². The van der Waals surface area contributed by atoms with Crippen molar-refractivity contribution in [1.82, 2.24) is 14.7 Å². The highest BCUT2D eigenvalue weighted by Crippen LogP contribution is 2.11. The summed E-state index contributed by atoms with van der Waals surface area (Å²) in [4.78, 5) is 25.3. The average molecular weight is 335 g/mol. The molecule has 0 atom stereocenters. The van der Waals surface area contributed by atoms with Gasteiger partial charge in [0, 0.05) is 18.7 Å². The zero-order valence-electron chi connectivity index (χ0n) is 14.3. The van der Waals surface area contributed by atoms with Crippen LogP contribution in [0.3, 0.4) is 0 Å². The molecule has 1 aromatic heterocycles. The molecule has 0 fully saturated rings. The quantitative estimate of drug-likeness (QED) is 0.934. The van der Waals surface area contributed by atoms with Gasteiger partial charge in [-0.15, -0.1) is 0 Å². The molecule has 0 radical (unpaired) electrons. The first-order chi connectivity index (χ1) is 11.2. The molecule has 0 unspecified atom stereocenters. The molecular weight excluding hydrogens is 313 g/mol. The van der Waals surface area contributed by atoms with Gasteiger partial charge < -0.3 is 9.64 Å². The third-order valence-corrected chi connectivity index (χ3v) is 3.24. The van der Waals surface area contributed by atoms with Gasteiger partial charge in [0.25, 0.3) is 5.56 Å². The Morgan fingerprint density at radius 3 is 2.62 bits per heavy atom. The van der Waals surface area contributed by atoms with Gasteiger partial charge in [0.05, 0.1) is 18.8 Å². The molecule has 0 bridgehead atoms.